The minimum Gasteiger partial charge on any atom is -0.497 e. The number of amides is 1. The van der Waals surface area contributed by atoms with E-state index in [1.165, 1.54) is 12.8 Å². The molecule has 1 aromatic heterocycles. The summed E-state index contributed by atoms with van der Waals surface area (Å²) in [4.78, 5) is 24.7. The van der Waals surface area contributed by atoms with Gasteiger partial charge in [0.25, 0.3) is 0 Å². The third-order valence-corrected chi connectivity index (χ3v) is 5.11. The Balaban J connectivity index is 1.72. The van der Waals surface area contributed by atoms with Gasteiger partial charge in [-0.25, -0.2) is 4.79 Å². The number of hydrogen-bond acceptors (Lipinski definition) is 4. The first-order chi connectivity index (χ1) is 12.1. The molecular weight excluding hydrogens is 318 g/mol. The normalized spacial score (nSPS) is 20.4. The van der Waals surface area contributed by atoms with Crippen molar-refractivity contribution in [3.05, 3.63) is 34.7 Å². The van der Waals surface area contributed by atoms with Crippen molar-refractivity contribution >= 4 is 22.6 Å². The van der Waals surface area contributed by atoms with Crippen molar-refractivity contribution in [1.82, 2.24) is 0 Å². The Morgan fingerprint density at radius 3 is 2.68 bits per heavy atom. The van der Waals surface area contributed by atoms with Crippen molar-refractivity contribution in [1.29, 1.82) is 0 Å². The number of carbonyl (C=O) groups excluding carboxylic acids is 1. The van der Waals surface area contributed by atoms with Crippen LogP contribution in [-0.2, 0) is 4.79 Å². The first kappa shape index (κ1) is 17.5. The molecule has 0 aliphatic heterocycles. The van der Waals surface area contributed by atoms with Gasteiger partial charge in [-0.2, -0.15) is 0 Å². The van der Waals surface area contributed by atoms with Crippen LogP contribution in [0.5, 0.6) is 5.75 Å². The number of carbonyl (C=O) groups is 1. The predicted molar refractivity (Wildman–Crippen MR) is 98.0 cm³/mol. The molecule has 0 saturated heterocycles. The molecule has 3 rings (SSSR count). The predicted octanol–water partition coefficient (Wildman–Crippen LogP) is 4.35. The number of ether oxygens (including phenoxy) is 1. The smallest absolute Gasteiger partial charge is 0.360 e. The van der Waals surface area contributed by atoms with E-state index in [2.05, 4.69) is 12.2 Å². The summed E-state index contributed by atoms with van der Waals surface area (Å²) in [6.07, 6.45) is 6.41. The summed E-state index contributed by atoms with van der Waals surface area (Å²) in [5, 5.41) is 3.49. The van der Waals surface area contributed by atoms with E-state index in [4.69, 9.17) is 9.15 Å². The molecule has 25 heavy (non-hydrogen) atoms. The van der Waals surface area contributed by atoms with Crippen LogP contribution in [0.3, 0.4) is 0 Å². The highest BCUT2D eigenvalue weighted by molar-refractivity contribution is 5.94. The fourth-order valence-corrected chi connectivity index (χ4v) is 3.67. The van der Waals surface area contributed by atoms with Crippen molar-refractivity contribution in [3.8, 4) is 5.75 Å². The molecule has 5 nitrogen and oxygen atoms in total. The molecule has 1 amide bonds. The lowest BCUT2D eigenvalue weighted by molar-refractivity contribution is -0.121. The molecule has 1 aliphatic carbocycles. The van der Waals surface area contributed by atoms with E-state index < -0.39 is 5.63 Å². The highest BCUT2D eigenvalue weighted by Crippen LogP contribution is 2.32. The Kier molecular flexibility index (Phi) is 5.41. The molecule has 5 heteroatoms. The fourth-order valence-electron chi connectivity index (χ4n) is 3.67. The van der Waals surface area contributed by atoms with Gasteiger partial charge in [-0.15, -0.1) is 0 Å². The second kappa shape index (κ2) is 7.72. The van der Waals surface area contributed by atoms with Crippen LogP contribution >= 0.6 is 0 Å². The van der Waals surface area contributed by atoms with Crippen LogP contribution in [0.15, 0.2) is 33.5 Å². The zero-order valence-electron chi connectivity index (χ0n) is 14.8. The van der Waals surface area contributed by atoms with Gasteiger partial charge in [0.15, 0.2) is 0 Å². The number of anilines is 1. The highest BCUT2D eigenvalue weighted by atomic mass is 16.5. The number of nitrogens with one attached hydrogen (secondary N) is 1. The van der Waals surface area contributed by atoms with Crippen LogP contribution in [0.2, 0.25) is 0 Å². The summed E-state index contributed by atoms with van der Waals surface area (Å²) in [5.41, 5.74) is 0.149. The lowest BCUT2D eigenvalue weighted by Crippen LogP contribution is -2.29. The summed E-state index contributed by atoms with van der Waals surface area (Å²) in [6, 6.07) is 6.86. The third-order valence-electron chi connectivity index (χ3n) is 5.11. The number of rotatable bonds is 5. The van der Waals surface area contributed by atoms with E-state index in [9.17, 15) is 9.59 Å². The van der Waals surface area contributed by atoms with Crippen molar-refractivity contribution in [2.75, 3.05) is 12.4 Å². The van der Waals surface area contributed by atoms with Gasteiger partial charge in [-0.1, -0.05) is 19.8 Å². The maximum absolute atomic E-state index is 12.5. The van der Waals surface area contributed by atoms with Crippen molar-refractivity contribution in [2.45, 2.75) is 45.4 Å². The zero-order chi connectivity index (χ0) is 17.8. The maximum atomic E-state index is 12.5. The zero-order valence-corrected chi connectivity index (χ0v) is 14.8. The van der Waals surface area contributed by atoms with E-state index in [1.807, 2.05) is 0 Å². The van der Waals surface area contributed by atoms with E-state index in [0.29, 0.717) is 11.3 Å². The van der Waals surface area contributed by atoms with Crippen LogP contribution in [0, 0.1) is 11.8 Å². The SMILES string of the molecule is CCCC1CCC(C(=O)Nc2cc3cc(OC)ccc3oc2=O)CC1. The van der Waals surface area contributed by atoms with Gasteiger partial charge in [0.05, 0.1) is 7.11 Å². The first-order valence-corrected chi connectivity index (χ1v) is 9.03. The average molecular weight is 343 g/mol. The Bertz CT molecular complexity index is 803. The Labute approximate surface area is 147 Å². The third kappa shape index (κ3) is 4.03. The molecule has 134 valence electrons. The molecule has 1 heterocycles. The monoisotopic (exact) mass is 343 g/mol. The maximum Gasteiger partial charge on any atom is 0.360 e. The van der Waals surface area contributed by atoms with E-state index in [0.717, 1.165) is 37.0 Å². The minimum atomic E-state index is -0.523. The molecule has 2 aromatic rings. The van der Waals surface area contributed by atoms with Crippen molar-refractivity contribution < 1.29 is 13.9 Å². The molecule has 1 fully saturated rings. The summed E-state index contributed by atoms with van der Waals surface area (Å²) in [7, 11) is 1.58. The van der Waals surface area contributed by atoms with Gasteiger partial charge in [0.2, 0.25) is 5.91 Å². The lowest BCUT2D eigenvalue weighted by atomic mass is 9.80. The van der Waals surface area contributed by atoms with E-state index in [-0.39, 0.29) is 17.5 Å². The van der Waals surface area contributed by atoms with E-state index in [1.54, 1.807) is 31.4 Å². The van der Waals surface area contributed by atoms with Crippen LogP contribution in [0.1, 0.15) is 45.4 Å². The van der Waals surface area contributed by atoms with Gasteiger partial charge in [-0.05, 0) is 55.9 Å². The summed E-state index contributed by atoms with van der Waals surface area (Å²) >= 11 is 0. The van der Waals surface area contributed by atoms with Crippen LogP contribution in [0.25, 0.3) is 11.0 Å². The first-order valence-electron chi connectivity index (χ1n) is 9.03. The summed E-state index contributed by atoms with van der Waals surface area (Å²) in [5.74, 6) is 1.32. The number of hydrogen-bond donors (Lipinski definition) is 1. The molecule has 0 spiro atoms. The highest BCUT2D eigenvalue weighted by Gasteiger charge is 2.26. The molecule has 0 radical (unpaired) electrons. The van der Waals surface area contributed by atoms with Gasteiger partial charge in [-0.3, -0.25) is 4.79 Å². The number of benzene rings is 1. The minimum absolute atomic E-state index is 0.0199. The molecular formula is C20H25NO4. The standard InChI is InChI=1S/C20H25NO4/c1-3-4-13-5-7-14(8-6-13)19(22)21-17-12-15-11-16(24-2)9-10-18(15)25-20(17)23/h9-14H,3-8H2,1-2H3,(H,21,22). The second-order valence-electron chi connectivity index (χ2n) is 6.85. The average Bonchev–Trinajstić information content (AvgIpc) is 2.63. The second-order valence-corrected chi connectivity index (χ2v) is 6.85. The molecule has 1 aliphatic rings. The quantitative estimate of drug-likeness (QED) is 0.820. The van der Waals surface area contributed by atoms with E-state index >= 15 is 0 Å². The largest absolute Gasteiger partial charge is 0.497 e. The van der Waals surface area contributed by atoms with Crippen LogP contribution < -0.4 is 15.7 Å². The van der Waals surface area contributed by atoms with Gasteiger partial charge < -0.3 is 14.5 Å². The Hall–Kier alpha value is -2.30. The Morgan fingerprint density at radius 2 is 2.00 bits per heavy atom. The molecule has 1 aromatic carbocycles. The Morgan fingerprint density at radius 1 is 1.24 bits per heavy atom. The van der Waals surface area contributed by atoms with Gasteiger partial charge in [0, 0.05) is 11.3 Å². The van der Waals surface area contributed by atoms with Gasteiger partial charge >= 0.3 is 5.63 Å². The molecule has 0 atom stereocenters. The van der Waals surface area contributed by atoms with Crippen molar-refractivity contribution in [3.63, 3.8) is 0 Å². The fraction of sp³-hybridized carbons (Fsp3) is 0.500. The van der Waals surface area contributed by atoms with Crippen LogP contribution in [0.4, 0.5) is 5.69 Å². The summed E-state index contributed by atoms with van der Waals surface area (Å²) in [6.45, 7) is 2.20. The van der Waals surface area contributed by atoms with Crippen LogP contribution in [-0.4, -0.2) is 13.0 Å². The number of fused-ring (bicyclic) bond motifs is 1. The number of methoxy groups -OCH3 is 1. The topological polar surface area (TPSA) is 68.5 Å². The molecule has 0 unspecified atom stereocenters. The van der Waals surface area contributed by atoms with Gasteiger partial charge in [0.1, 0.15) is 17.0 Å². The van der Waals surface area contributed by atoms with Crippen molar-refractivity contribution in [2.24, 2.45) is 11.8 Å². The molecule has 1 N–H and O–H groups in total. The molecule has 0 bridgehead atoms. The lowest BCUT2D eigenvalue weighted by Gasteiger charge is -2.27. The summed E-state index contributed by atoms with van der Waals surface area (Å²) < 4.78 is 10.5. The molecule has 1 saturated carbocycles.